The van der Waals surface area contributed by atoms with Gasteiger partial charge in [-0.25, -0.2) is 8.42 Å². The highest BCUT2D eigenvalue weighted by atomic mass is 32.2. The molecule has 0 unspecified atom stereocenters. The van der Waals surface area contributed by atoms with E-state index in [2.05, 4.69) is 29.3 Å². The van der Waals surface area contributed by atoms with Crippen molar-refractivity contribution in [2.75, 3.05) is 31.6 Å². The van der Waals surface area contributed by atoms with E-state index >= 15 is 0 Å². The van der Waals surface area contributed by atoms with Gasteiger partial charge in [-0.2, -0.15) is 9.29 Å². The summed E-state index contributed by atoms with van der Waals surface area (Å²) in [6.45, 7) is 6.12. The smallest absolute Gasteiger partial charge is 0.245 e. The number of rotatable bonds is 7. The molecule has 0 saturated carbocycles. The Hall–Kier alpha value is -1.97. The number of morpholine rings is 1. The molecule has 1 aliphatic rings. The Labute approximate surface area is 153 Å². The first-order valence-electron chi connectivity index (χ1n) is 8.68. The summed E-state index contributed by atoms with van der Waals surface area (Å²) in [6.07, 6.45) is 0.761. The third kappa shape index (κ3) is 4.60. The summed E-state index contributed by atoms with van der Waals surface area (Å²) >= 11 is 0. The van der Waals surface area contributed by atoms with Crippen LogP contribution in [0.15, 0.2) is 33.7 Å². The number of ether oxygens (including phenoxy) is 1. The van der Waals surface area contributed by atoms with E-state index in [9.17, 15) is 8.42 Å². The van der Waals surface area contributed by atoms with Gasteiger partial charge in [-0.3, -0.25) is 0 Å². The fourth-order valence-electron chi connectivity index (χ4n) is 2.69. The van der Waals surface area contributed by atoms with Crippen LogP contribution in [0, 0.1) is 5.92 Å². The number of benzene rings is 1. The third-order valence-electron chi connectivity index (χ3n) is 3.99. The van der Waals surface area contributed by atoms with Crippen LogP contribution in [0.4, 0.5) is 5.69 Å². The van der Waals surface area contributed by atoms with Crippen LogP contribution in [-0.4, -0.2) is 49.2 Å². The maximum Gasteiger partial charge on any atom is 0.245 e. The Balaban J connectivity index is 1.66. The molecule has 26 heavy (non-hydrogen) atoms. The topological polar surface area (TPSA) is 97.6 Å². The second-order valence-electron chi connectivity index (χ2n) is 6.60. The van der Waals surface area contributed by atoms with Gasteiger partial charge in [0.25, 0.3) is 0 Å². The lowest BCUT2D eigenvalue weighted by Gasteiger charge is -2.26. The number of hydrogen-bond acceptors (Lipinski definition) is 7. The summed E-state index contributed by atoms with van der Waals surface area (Å²) in [7, 11) is -3.51. The summed E-state index contributed by atoms with van der Waals surface area (Å²) in [5.74, 6) is 1.61. The summed E-state index contributed by atoms with van der Waals surface area (Å²) < 4.78 is 37.3. The number of hydrogen-bond donors (Lipinski definition) is 1. The van der Waals surface area contributed by atoms with Crippen LogP contribution in [0.25, 0.3) is 0 Å². The predicted octanol–water partition coefficient (Wildman–Crippen LogP) is 1.90. The van der Waals surface area contributed by atoms with Gasteiger partial charge in [0.1, 0.15) is 0 Å². The molecule has 1 aliphatic heterocycles. The van der Waals surface area contributed by atoms with E-state index in [1.165, 1.54) is 4.31 Å². The molecule has 0 atom stereocenters. The molecule has 2 heterocycles. The number of sulfonamides is 1. The first kappa shape index (κ1) is 18.8. The summed E-state index contributed by atoms with van der Waals surface area (Å²) in [5.41, 5.74) is 0.683. The van der Waals surface area contributed by atoms with Gasteiger partial charge in [-0.15, -0.1) is 0 Å². The normalized spacial score (nSPS) is 16.1. The highest BCUT2D eigenvalue weighted by Gasteiger charge is 2.26. The highest BCUT2D eigenvalue weighted by Crippen LogP contribution is 2.21. The lowest BCUT2D eigenvalue weighted by molar-refractivity contribution is 0.0730. The molecular weight excluding hydrogens is 356 g/mol. The van der Waals surface area contributed by atoms with Crippen LogP contribution in [0.3, 0.4) is 0 Å². The average molecular weight is 380 g/mol. The molecule has 0 spiro atoms. The number of aromatic nitrogens is 2. The zero-order valence-corrected chi connectivity index (χ0v) is 15.8. The van der Waals surface area contributed by atoms with Crippen molar-refractivity contribution in [3.05, 3.63) is 36.0 Å². The van der Waals surface area contributed by atoms with Crippen molar-refractivity contribution in [3.63, 3.8) is 0 Å². The van der Waals surface area contributed by atoms with Crippen molar-refractivity contribution in [2.45, 2.75) is 31.7 Å². The SMILES string of the molecule is CC(C)Cc1noc(CNc2cccc(S(=O)(=O)N3CCOCC3)c2)n1. The molecular formula is C17H24N4O4S. The predicted molar refractivity (Wildman–Crippen MR) is 96.2 cm³/mol. The van der Waals surface area contributed by atoms with E-state index in [1.807, 2.05) is 6.07 Å². The summed E-state index contributed by atoms with van der Waals surface area (Å²) in [4.78, 5) is 4.59. The second-order valence-corrected chi connectivity index (χ2v) is 8.54. The van der Waals surface area contributed by atoms with Gasteiger partial charge in [0.05, 0.1) is 24.7 Å². The van der Waals surface area contributed by atoms with Gasteiger partial charge in [-0.05, 0) is 24.1 Å². The number of nitrogens with one attached hydrogen (secondary N) is 1. The van der Waals surface area contributed by atoms with E-state index in [4.69, 9.17) is 9.26 Å². The molecule has 142 valence electrons. The zero-order valence-electron chi connectivity index (χ0n) is 15.0. The average Bonchev–Trinajstić information content (AvgIpc) is 3.07. The monoisotopic (exact) mass is 380 g/mol. The van der Waals surface area contributed by atoms with E-state index in [-0.39, 0.29) is 4.90 Å². The second kappa shape index (κ2) is 8.15. The molecule has 1 saturated heterocycles. The van der Waals surface area contributed by atoms with Crippen LogP contribution in [0.2, 0.25) is 0 Å². The number of nitrogens with zero attached hydrogens (tertiary/aromatic N) is 3. The van der Waals surface area contributed by atoms with E-state index in [0.29, 0.717) is 56.2 Å². The van der Waals surface area contributed by atoms with E-state index in [0.717, 1.165) is 6.42 Å². The summed E-state index contributed by atoms with van der Waals surface area (Å²) in [6, 6.07) is 6.75. The van der Waals surface area contributed by atoms with Crippen LogP contribution >= 0.6 is 0 Å². The largest absolute Gasteiger partial charge is 0.379 e. The van der Waals surface area contributed by atoms with Crippen molar-refractivity contribution in [2.24, 2.45) is 5.92 Å². The highest BCUT2D eigenvalue weighted by molar-refractivity contribution is 7.89. The maximum absolute atomic E-state index is 12.7. The van der Waals surface area contributed by atoms with Crippen molar-refractivity contribution in [1.29, 1.82) is 0 Å². The van der Waals surface area contributed by atoms with E-state index in [1.54, 1.807) is 18.2 Å². The van der Waals surface area contributed by atoms with Gasteiger partial charge in [0.2, 0.25) is 15.9 Å². The molecule has 8 nitrogen and oxygen atoms in total. The molecule has 0 amide bonds. The molecule has 0 radical (unpaired) electrons. The van der Waals surface area contributed by atoms with Crippen LogP contribution in [0.5, 0.6) is 0 Å². The van der Waals surface area contributed by atoms with Gasteiger partial charge in [-0.1, -0.05) is 25.1 Å². The molecule has 3 rings (SSSR count). The van der Waals surface area contributed by atoms with Gasteiger partial charge < -0.3 is 14.6 Å². The van der Waals surface area contributed by atoms with Crippen LogP contribution < -0.4 is 5.32 Å². The molecule has 2 aromatic rings. The first-order valence-corrected chi connectivity index (χ1v) is 10.1. The molecule has 1 fully saturated rings. The maximum atomic E-state index is 12.7. The Kier molecular flexibility index (Phi) is 5.90. The quantitative estimate of drug-likeness (QED) is 0.783. The molecule has 0 bridgehead atoms. The summed E-state index contributed by atoms with van der Waals surface area (Å²) in [5, 5.41) is 7.09. The van der Waals surface area contributed by atoms with Crippen LogP contribution in [0.1, 0.15) is 25.6 Å². The fraction of sp³-hybridized carbons (Fsp3) is 0.529. The Bertz CT molecular complexity index is 829. The molecule has 1 aromatic heterocycles. The lowest BCUT2D eigenvalue weighted by Crippen LogP contribution is -2.40. The molecule has 0 aliphatic carbocycles. The third-order valence-corrected chi connectivity index (χ3v) is 5.88. The molecule has 9 heteroatoms. The van der Waals surface area contributed by atoms with Crippen molar-refractivity contribution >= 4 is 15.7 Å². The lowest BCUT2D eigenvalue weighted by atomic mass is 10.1. The fourth-order valence-corrected chi connectivity index (χ4v) is 4.14. The minimum Gasteiger partial charge on any atom is -0.379 e. The molecule has 1 N–H and O–H groups in total. The minimum atomic E-state index is -3.51. The van der Waals surface area contributed by atoms with Crippen molar-refractivity contribution in [3.8, 4) is 0 Å². The minimum absolute atomic E-state index is 0.260. The zero-order chi connectivity index (χ0) is 18.6. The Morgan fingerprint density at radius 1 is 1.27 bits per heavy atom. The Morgan fingerprint density at radius 2 is 2.04 bits per heavy atom. The van der Waals surface area contributed by atoms with E-state index < -0.39 is 10.0 Å². The van der Waals surface area contributed by atoms with Gasteiger partial charge in [0, 0.05) is 25.2 Å². The number of anilines is 1. The molecule has 1 aromatic carbocycles. The standard InChI is InChI=1S/C17H24N4O4S/c1-13(2)10-16-19-17(25-20-16)12-18-14-4-3-5-15(11-14)26(22,23)21-6-8-24-9-7-21/h3-5,11,13,18H,6-10,12H2,1-2H3. The van der Waals surface area contributed by atoms with Crippen molar-refractivity contribution < 1.29 is 17.7 Å². The first-order chi connectivity index (χ1) is 12.4. The van der Waals surface area contributed by atoms with Crippen molar-refractivity contribution in [1.82, 2.24) is 14.4 Å². The van der Waals surface area contributed by atoms with Gasteiger partial charge in [0.15, 0.2) is 5.82 Å². The van der Waals surface area contributed by atoms with Crippen LogP contribution in [-0.2, 0) is 27.7 Å². The Morgan fingerprint density at radius 3 is 2.77 bits per heavy atom. The van der Waals surface area contributed by atoms with Gasteiger partial charge >= 0.3 is 0 Å².